The number of nitrogens with zero attached hydrogens (tertiary/aromatic N) is 1. The molecule has 0 amide bonds. The second-order valence-electron chi connectivity index (χ2n) is 4.79. The highest BCUT2D eigenvalue weighted by Crippen LogP contribution is 2.15. The first kappa shape index (κ1) is 13.6. The van der Waals surface area contributed by atoms with E-state index in [1.807, 2.05) is 6.07 Å². The van der Waals surface area contributed by atoms with Gasteiger partial charge in [-0.05, 0) is 29.8 Å². The van der Waals surface area contributed by atoms with Crippen molar-refractivity contribution in [3.05, 3.63) is 65.7 Å². The van der Waals surface area contributed by atoms with E-state index in [-0.39, 0.29) is 0 Å². The molecule has 100 valence electrons. The van der Waals surface area contributed by atoms with Gasteiger partial charge in [-0.3, -0.25) is 0 Å². The van der Waals surface area contributed by atoms with E-state index < -0.39 is 0 Å². The average Bonchev–Trinajstić information content (AvgIpc) is 2.46. The Morgan fingerprint density at radius 2 is 1.68 bits per heavy atom. The maximum Gasteiger partial charge on any atom is 0.0426 e. The predicted octanol–water partition coefficient (Wildman–Crippen LogP) is 3.43. The average molecular weight is 254 g/mol. The molecule has 0 atom stereocenters. The maximum atomic E-state index is 3.36. The van der Waals surface area contributed by atoms with Gasteiger partial charge in [-0.1, -0.05) is 49.4 Å². The molecule has 2 aromatic carbocycles. The molecule has 2 aromatic rings. The highest BCUT2D eigenvalue weighted by molar-refractivity contribution is 5.45. The van der Waals surface area contributed by atoms with Crippen LogP contribution < -0.4 is 10.2 Å². The standard InChI is InChI=1S/C17H22N2/c1-3-18-13-15-8-7-9-16(12-15)14-19(2)17-10-5-4-6-11-17/h4-12,18H,3,13-14H2,1-2H3. The third kappa shape index (κ3) is 4.11. The molecule has 0 aromatic heterocycles. The molecular formula is C17H22N2. The van der Waals surface area contributed by atoms with E-state index in [2.05, 4.69) is 72.7 Å². The summed E-state index contributed by atoms with van der Waals surface area (Å²) in [6, 6.07) is 19.3. The van der Waals surface area contributed by atoms with Gasteiger partial charge in [-0.25, -0.2) is 0 Å². The highest BCUT2D eigenvalue weighted by atomic mass is 15.1. The zero-order chi connectivity index (χ0) is 13.5. The van der Waals surface area contributed by atoms with Gasteiger partial charge >= 0.3 is 0 Å². The fraction of sp³-hybridized carbons (Fsp3) is 0.294. The molecule has 0 aliphatic carbocycles. The summed E-state index contributed by atoms with van der Waals surface area (Å²) in [6.45, 7) is 5.02. The first-order chi connectivity index (χ1) is 9.29. The van der Waals surface area contributed by atoms with Crippen LogP contribution in [0.2, 0.25) is 0 Å². The Labute approximate surface area is 116 Å². The van der Waals surface area contributed by atoms with Crippen LogP contribution in [0.15, 0.2) is 54.6 Å². The van der Waals surface area contributed by atoms with Gasteiger partial charge in [0.15, 0.2) is 0 Å². The summed E-state index contributed by atoms with van der Waals surface area (Å²) in [6.07, 6.45) is 0. The first-order valence-corrected chi connectivity index (χ1v) is 6.84. The smallest absolute Gasteiger partial charge is 0.0426 e. The van der Waals surface area contributed by atoms with Crippen LogP contribution in [-0.2, 0) is 13.1 Å². The minimum Gasteiger partial charge on any atom is -0.370 e. The molecule has 0 saturated carbocycles. The largest absolute Gasteiger partial charge is 0.370 e. The van der Waals surface area contributed by atoms with E-state index in [0.29, 0.717) is 0 Å². The molecule has 0 unspecified atom stereocenters. The second-order valence-corrected chi connectivity index (χ2v) is 4.79. The molecule has 0 aliphatic rings. The Bertz CT molecular complexity index is 494. The maximum absolute atomic E-state index is 3.36. The lowest BCUT2D eigenvalue weighted by Crippen LogP contribution is -2.17. The third-order valence-electron chi connectivity index (χ3n) is 3.19. The number of benzene rings is 2. The van der Waals surface area contributed by atoms with Crippen LogP contribution in [0.25, 0.3) is 0 Å². The molecule has 1 N–H and O–H groups in total. The van der Waals surface area contributed by atoms with E-state index in [1.165, 1.54) is 16.8 Å². The van der Waals surface area contributed by atoms with E-state index in [0.717, 1.165) is 19.6 Å². The zero-order valence-corrected chi connectivity index (χ0v) is 11.8. The molecule has 0 aliphatic heterocycles. The molecule has 19 heavy (non-hydrogen) atoms. The summed E-state index contributed by atoms with van der Waals surface area (Å²) < 4.78 is 0. The van der Waals surface area contributed by atoms with Crippen molar-refractivity contribution in [2.24, 2.45) is 0 Å². The van der Waals surface area contributed by atoms with Crippen LogP contribution >= 0.6 is 0 Å². The van der Waals surface area contributed by atoms with Gasteiger partial charge in [-0.2, -0.15) is 0 Å². The van der Waals surface area contributed by atoms with Gasteiger partial charge in [0.2, 0.25) is 0 Å². The number of nitrogens with one attached hydrogen (secondary N) is 1. The SMILES string of the molecule is CCNCc1cccc(CN(C)c2ccccc2)c1. The van der Waals surface area contributed by atoms with E-state index in [1.54, 1.807) is 0 Å². The summed E-state index contributed by atoms with van der Waals surface area (Å²) in [4.78, 5) is 2.27. The van der Waals surface area contributed by atoms with E-state index in [9.17, 15) is 0 Å². The molecule has 0 spiro atoms. The van der Waals surface area contributed by atoms with Crippen LogP contribution in [0.5, 0.6) is 0 Å². The first-order valence-electron chi connectivity index (χ1n) is 6.84. The Kier molecular flexibility index (Phi) is 4.99. The minimum absolute atomic E-state index is 0.935. The molecule has 0 bridgehead atoms. The van der Waals surface area contributed by atoms with Crippen molar-refractivity contribution in [3.63, 3.8) is 0 Å². The molecule has 2 nitrogen and oxygen atoms in total. The van der Waals surface area contributed by atoms with Crippen LogP contribution in [0.4, 0.5) is 5.69 Å². The highest BCUT2D eigenvalue weighted by Gasteiger charge is 2.02. The fourth-order valence-corrected chi connectivity index (χ4v) is 2.15. The summed E-state index contributed by atoms with van der Waals surface area (Å²) in [5.74, 6) is 0. The predicted molar refractivity (Wildman–Crippen MR) is 82.4 cm³/mol. The summed E-state index contributed by atoms with van der Waals surface area (Å²) >= 11 is 0. The minimum atomic E-state index is 0.935. The van der Waals surface area contributed by atoms with Crippen molar-refractivity contribution < 1.29 is 0 Å². The molecule has 0 radical (unpaired) electrons. The van der Waals surface area contributed by atoms with Gasteiger partial charge in [-0.15, -0.1) is 0 Å². The summed E-state index contributed by atoms with van der Waals surface area (Å²) in [5.41, 5.74) is 3.95. The summed E-state index contributed by atoms with van der Waals surface area (Å²) in [7, 11) is 2.13. The van der Waals surface area contributed by atoms with Gasteiger partial charge in [0, 0.05) is 25.8 Å². The quantitative estimate of drug-likeness (QED) is 0.849. The summed E-state index contributed by atoms with van der Waals surface area (Å²) in [5, 5.41) is 3.36. The van der Waals surface area contributed by atoms with Crippen molar-refractivity contribution in [1.29, 1.82) is 0 Å². The Balaban J connectivity index is 2.02. The molecule has 0 saturated heterocycles. The van der Waals surface area contributed by atoms with Crippen molar-refractivity contribution in [2.75, 3.05) is 18.5 Å². The lowest BCUT2D eigenvalue weighted by molar-refractivity contribution is 0.725. The Hall–Kier alpha value is -1.80. The Morgan fingerprint density at radius 3 is 2.42 bits per heavy atom. The molecular weight excluding hydrogens is 232 g/mol. The van der Waals surface area contributed by atoms with Crippen LogP contribution in [0.3, 0.4) is 0 Å². The van der Waals surface area contributed by atoms with Crippen molar-refractivity contribution in [2.45, 2.75) is 20.0 Å². The zero-order valence-electron chi connectivity index (χ0n) is 11.8. The number of rotatable bonds is 6. The molecule has 2 heteroatoms. The van der Waals surface area contributed by atoms with Gasteiger partial charge in [0.1, 0.15) is 0 Å². The van der Waals surface area contributed by atoms with Crippen molar-refractivity contribution >= 4 is 5.69 Å². The van der Waals surface area contributed by atoms with Crippen molar-refractivity contribution in [3.8, 4) is 0 Å². The van der Waals surface area contributed by atoms with Crippen LogP contribution in [0, 0.1) is 0 Å². The number of para-hydroxylation sites is 1. The second kappa shape index (κ2) is 6.95. The van der Waals surface area contributed by atoms with E-state index in [4.69, 9.17) is 0 Å². The molecule has 2 rings (SSSR count). The number of anilines is 1. The molecule has 0 fully saturated rings. The lowest BCUT2D eigenvalue weighted by Gasteiger charge is -2.19. The van der Waals surface area contributed by atoms with Crippen molar-refractivity contribution in [1.82, 2.24) is 5.32 Å². The number of hydrogen-bond donors (Lipinski definition) is 1. The lowest BCUT2D eigenvalue weighted by atomic mass is 10.1. The van der Waals surface area contributed by atoms with Crippen LogP contribution in [-0.4, -0.2) is 13.6 Å². The normalized spacial score (nSPS) is 10.4. The fourth-order valence-electron chi connectivity index (χ4n) is 2.15. The van der Waals surface area contributed by atoms with E-state index >= 15 is 0 Å². The topological polar surface area (TPSA) is 15.3 Å². The molecule has 0 heterocycles. The van der Waals surface area contributed by atoms with Gasteiger partial charge < -0.3 is 10.2 Å². The number of hydrogen-bond acceptors (Lipinski definition) is 2. The third-order valence-corrected chi connectivity index (χ3v) is 3.19. The Morgan fingerprint density at radius 1 is 0.947 bits per heavy atom. The van der Waals surface area contributed by atoms with Crippen LogP contribution in [0.1, 0.15) is 18.1 Å². The van der Waals surface area contributed by atoms with Gasteiger partial charge in [0.05, 0.1) is 0 Å². The monoisotopic (exact) mass is 254 g/mol. The van der Waals surface area contributed by atoms with Gasteiger partial charge in [0.25, 0.3) is 0 Å².